The third-order valence-corrected chi connectivity index (χ3v) is 2.80. The lowest BCUT2D eigenvalue weighted by Crippen LogP contribution is -2.15. The Balaban J connectivity index is 2.24. The molecule has 0 aliphatic carbocycles. The third-order valence-electron chi connectivity index (χ3n) is 2.80. The first-order valence-corrected chi connectivity index (χ1v) is 6.62. The molecule has 0 aliphatic heterocycles. The summed E-state index contributed by atoms with van der Waals surface area (Å²) in [5.41, 5.74) is 4.25. The summed E-state index contributed by atoms with van der Waals surface area (Å²) in [5, 5.41) is 2.83. The predicted molar refractivity (Wildman–Crippen MR) is 82.3 cm³/mol. The summed E-state index contributed by atoms with van der Waals surface area (Å²) in [5.74, 6) is 6.17. The number of aryl methyl sites for hydroxylation is 1. The number of ether oxygens (including phenoxy) is 1. The summed E-state index contributed by atoms with van der Waals surface area (Å²) in [4.78, 5) is 16.5. The van der Waals surface area contributed by atoms with E-state index < -0.39 is 0 Å². The van der Waals surface area contributed by atoms with E-state index in [1.54, 1.807) is 25.1 Å². The molecule has 2 rings (SSSR count). The number of rotatable bonds is 5. The van der Waals surface area contributed by atoms with Crippen molar-refractivity contribution >= 4 is 17.4 Å². The molecule has 0 unspecified atom stereocenters. The van der Waals surface area contributed by atoms with Crippen LogP contribution in [0.2, 0.25) is 0 Å². The molecule has 0 spiro atoms. The third kappa shape index (κ3) is 3.70. The fourth-order valence-electron chi connectivity index (χ4n) is 1.92. The van der Waals surface area contributed by atoms with Gasteiger partial charge < -0.3 is 15.5 Å². The second-order valence-electron chi connectivity index (χ2n) is 4.41. The highest BCUT2D eigenvalue weighted by molar-refractivity contribution is 6.05. The Morgan fingerprint density at radius 1 is 1.33 bits per heavy atom. The largest absolute Gasteiger partial charge is 0.492 e. The van der Waals surface area contributed by atoms with E-state index in [1.165, 1.54) is 0 Å². The number of para-hydroxylation sites is 2. The van der Waals surface area contributed by atoms with Crippen molar-refractivity contribution in [2.75, 3.05) is 17.3 Å². The molecular weight excluding hydrogens is 268 g/mol. The predicted octanol–water partition coefficient (Wildman–Crippen LogP) is 2.33. The standard InChI is InChI=1S/C15H18N4O2/c1-3-21-13-7-5-4-6-12(13)18-15(20)11-8-10(2)17-14(9-11)19-16/h4-9H,3,16H2,1-2H3,(H,17,19)(H,18,20). The molecule has 0 saturated carbocycles. The number of benzene rings is 1. The van der Waals surface area contributed by atoms with Crippen LogP contribution in [0.25, 0.3) is 0 Å². The van der Waals surface area contributed by atoms with Crippen LogP contribution < -0.4 is 21.3 Å². The second kappa shape index (κ2) is 6.71. The van der Waals surface area contributed by atoms with Crippen LogP contribution in [-0.2, 0) is 0 Å². The van der Waals surface area contributed by atoms with E-state index in [1.807, 2.05) is 25.1 Å². The Morgan fingerprint density at radius 2 is 2.10 bits per heavy atom. The Bertz CT molecular complexity index is 643. The van der Waals surface area contributed by atoms with E-state index in [0.29, 0.717) is 35.1 Å². The maximum Gasteiger partial charge on any atom is 0.255 e. The summed E-state index contributed by atoms with van der Waals surface area (Å²) >= 11 is 0. The van der Waals surface area contributed by atoms with E-state index in [4.69, 9.17) is 10.6 Å². The molecule has 0 saturated heterocycles. The Hall–Kier alpha value is -2.60. The zero-order valence-electron chi connectivity index (χ0n) is 12.0. The number of pyridine rings is 1. The number of nitrogens with two attached hydrogens (primary N) is 1. The summed E-state index contributed by atoms with van der Waals surface area (Å²) in [6.45, 7) is 4.22. The van der Waals surface area contributed by atoms with Gasteiger partial charge in [-0.05, 0) is 38.1 Å². The van der Waals surface area contributed by atoms with Crippen molar-refractivity contribution < 1.29 is 9.53 Å². The molecule has 1 heterocycles. The van der Waals surface area contributed by atoms with Crippen molar-refractivity contribution in [3.05, 3.63) is 47.7 Å². The van der Waals surface area contributed by atoms with Crippen molar-refractivity contribution in [3.8, 4) is 5.75 Å². The van der Waals surface area contributed by atoms with E-state index in [-0.39, 0.29) is 5.91 Å². The molecule has 0 fully saturated rings. The van der Waals surface area contributed by atoms with Gasteiger partial charge in [0, 0.05) is 11.3 Å². The van der Waals surface area contributed by atoms with Crippen molar-refractivity contribution in [1.29, 1.82) is 0 Å². The van der Waals surface area contributed by atoms with E-state index in [2.05, 4.69) is 15.7 Å². The summed E-state index contributed by atoms with van der Waals surface area (Å²) in [7, 11) is 0. The number of carbonyl (C=O) groups is 1. The molecular formula is C15H18N4O2. The van der Waals surface area contributed by atoms with Crippen LogP contribution in [0.3, 0.4) is 0 Å². The molecule has 1 aromatic heterocycles. The van der Waals surface area contributed by atoms with Crippen molar-refractivity contribution in [1.82, 2.24) is 4.98 Å². The van der Waals surface area contributed by atoms with Gasteiger partial charge >= 0.3 is 0 Å². The van der Waals surface area contributed by atoms with Crippen LogP contribution in [0.4, 0.5) is 11.5 Å². The topological polar surface area (TPSA) is 89.3 Å². The first kappa shape index (κ1) is 14.8. The number of hydrogen-bond donors (Lipinski definition) is 3. The number of nitrogens with zero attached hydrogens (tertiary/aromatic N) is 1. The van der Waals surface area contributed by atoms with E-state index >= 15 is 0 Å². The number of hydrogen-bond acceptors (Lipinski definition) is 5. The molecule has 21 heavy (non-hydrogen) atoms. The molecule has 0 atom stereocenters. The van der Waals surface area contributed by atoms with Gasteiger partial charge in [0.25, 0.3) is 5.91 Å². The molecule has 0 bridgehead atoms. The maximum atomic E-state index is 12.3. The molecule has 6 heteroatoms. The number of carbonyl (C=O) groups excluding carboxylic acids is 1. The average Bonchev–Trinajstić information content (AvgIpc) is 2.48. The molecule has 0 aliphatic rings. The van der Waals surface area contributed by atoms with Crippen LogP contribution in [0.15, 0.2) is 36.4 Å². The van der Waals surface area contributed by atoms with Crippen LogP contribution >= 0.6 is 0 Å². The highest BCUT2D eigenvalue weighted by atomic mass is 16.5. The number of nitrogen functional groups attached to an aromatic ring is 1. The molecule has 0 radical (unpaired) electrons. The molecule has 1 amide bonds. The summed E-state index contributed by atoms with van der Waals surface area (Å²) in [6, 6.07) is 10.6. The molecule has 110 valence electrons. The number of aromatic nitrogens is 1. The van der Waals surface area contributed by atoms with Crippen molar-refractivity contribution in [2.45, 2.75) is 13.8 Å². The average molecular weight is 286 g/mol. The lowest BCUT2D eigenvalue weighted by atomic mass is 10.2. The number of anilines is 2. The lowest BCUT2D eigenvalue weighted by molar-refractivity contribution is 0.102. The van der Waals surface area contributed by atoms with Crippen molar-refractivity contribution in [2.24, 2.45) is 5.84 Å². The second-order valence-corrected chi connectivity index (χ2v) is 4.41. The Kier molecular flexibility index (Phi) is 4.73. The highest BCUT2D eigenvalue weighted by Gasteiger charge is 2.11. The van der Waals surface area contributed by atoms with Gasteiger partial charge in [-0.25, -0.2) is 10.8 Å². The smallest absolute Gasteiger partial charge is 0.255 e. The minimum absolute atomic E-state index is 0.246. The quantitative estimate of drug-likeness (QED) is 0.580. The van der Waals surface area contributed by atoms with Gasteiger partial charge in [0.15, 0.2) is 0 Å². The van der Waals surface area contributed by atoms with Gasteiger partial charge in [-0.1, -0.05) is 12.1 Å². The lowest BCUT2D eigenvalue weighted by Gasteiger charge is -2.12. The summed E-state index contributed by atoms with van der Waals surface area (Å²) in [6.07, 6.45) is 0. The molecule has 4 N–H and O–H groups in total. The first-order chi connectivity index (χ1) is 10.1. The zero-order chi connectivity index (χ0) is 15.2. The highest BCUT2D eigenvalue weighted by Crippen LogP contribution is 2.24. The minimum atomic E-state index is -0.246. The maximum absolute atomic E-state index is 12.3. The van der Waals surface area contributed by atoms with E-state index in [0.717, 1.165) is 0 Å². The molecule has 1 aromatic carbocycles. The molecule has 2 aromatic rings. The first-order valence-electron chi connectivity index (χ1n) is 6.62. The Morgan fingerprint density at radius 3 is 2.81 bits per heavy atom. The number of hydrazine groups is 1. The van der Waals surface area contributed by atoms with Gasteiger partial charge in [0.2, 0.25) is 0 Å². The monoisotopic (exact) mass is 286 g/mol. The van der Waals surface area contributed by atoms with Gasteiger partial charge in [-0.2, -0.15) is 0 Å². The van der Waals surface area contributed by atoms with Gasteiger partial charge in [0.1, 0.15) is 11.6 Å². The van der Waals surface area contributed by atoms with Crippen LogP contribution in [0.1, 0.15) is 23.0 Å². The normalized spacial score (nSPS) is 10.0. The summed E-state index contributed by atoms with van der Waals surface area (Å²) < 4.78 is 5.48. The van der Waals surface area contributed by atoms with Gasteiger partial charge in [-0.15, -0.1) is 0 Å². The van der Waals surface area contributed by atoms with Gasteiger partial charge in [-0.3, -0.25) is 4.79 Å². The van der Waals surface area contributed by atoms with Crippen LogP contribution in [-0.4, -0.2) is 17.5 Å². The van der Waals surface area contributed by atoms with Crippen molar-refractivity contribution in [3.63, 3.8) is 0 Å². The molecule has 6 nitrogen and oxygen atoms in total. The SMILES string of the molecule is CCOc1ccccc1NC(=O)c1cc(C)nc(NN)c1. The van der Waals surface area contributed by atoms with Crippen LogP contribution in [0, 0.1) is 6.92 Å². The number of amides is 1. The fourth-order valence-corrected chi connectivity index (χ4v) is 1.92. The van der Waals surface area contributed by atoms with Crippen LogP contribution in [0.5, 0.6) is 5.75 Å². The Labute approximate surface area is 123 Å². The fraction of sp³-hybridized carbons (Fsp3) is 0.200. The number of nitrogens with one attached hydrogen (secondary N) is 2. The zero-order valence-corrected chi connectivity index (χ0v) is 12.0. The van der Waals surface area contributed by atoms with E-state index in [9.17, 15) is 4.79 Å². The minimum Gasteiger partial charge on any atom is -0.492 e. The van der Waals surface area contributed by atoms with Gasteiger partial charge in [0.05, 0.1) is 12.3 Å².